The van der Waals surface area contributed by atoms with Crippen LogP contribution in [-0.2, 0) is 0 Å². The van der Waals surface area contributed by atoms with E-state index in [1.807, 2.05) is 13.8 Å². The Morgan fingerprint density at radius 3 is 2.71 bits per heavy atom. The summed E-state index contributed by atoms with van der Waals surface area (Å²) in [6, 6.07) is 2.82. The Bertz CT molecular complexity index is 455. The van der Waals surface area contributed by atoms with Gasteiger partial charge < -0.3 is 11.1 Å². The van der Waals surface area contributed by atoms with E-state index in [1.54, 1.807) is 0 Å². The first-order valence-electron chi connectivity index (χ1n) is 5.59. The zero-order chi connectivity index (χ0) is 12.6. The van der Waals surface area contributed by atoms with E-state index in [-0.39, 0.29) is 22.9 Å². The van der Waals surface area contributed by atoms with Gasteiger partial charge in [-0.2, -0.15) is 0 Å². The van der Waals surface area contributed by atoms with Crippen LogP contribution in [0, 0.1) is 16.0 Å². The van der Waals surface area contributed by atoms with Crippen molar-refractivity contribution in [3.8, 4) is 0 Å². The SMILES string of the molecule is CC(C)(Nc1nc(N)ccc1[N+](=O)[O-])C1CC1. The van der Waals surface area contributed by atoms with Crippen molar-refractivity contribution in [3.63, 3.8) is 0 Å². The van der Waals surface area contributed by atoms with Gasteiger partial charge in [-0.05, 0) is 38.7 Å². The third kappa shape index (κ3) is 2.46. The molecule has 1 aliphatic rings. The van der Waals surface area contributed by atoms with Crippen LogP contribution in [0.15, 0.2) is 12.1 Å². The van der Waals surface area contributed by atoms with Crippen molar-refractivity contribution >= 4 is 17.3 Å². The van der Waals surface area contributed by atoms with Gasteiger partial charge in [-0.25, -0.2) is 4.98 Å². The molecule has 1 saturated carbocycles. The predicted molar refractivity (Wildman–Crippen MR) is 65.7 cm³/mol. The van der Waals surface area contributed by atoms with E-state index in [0.717, 1.165) is 12.8 Å². The summed E-state index contributed by atoms with van der Waals surface area (Å²) < 4.78 is 0. The maximum Gasteiger partial charge on any atom is 0.311 e. The molecule has 1 aliphatic carbocycles. The normalized spacial score (nSPS) is 15.6. The fourth-order valence-corrected chi connectivity index (χ4v) is 1.92. The van der Waals surface area contributed by atoms with Gasteiger partial charge in [-0.1, -0.05) is 0 Å². The molecule has 17 heavy (non-hydrogen) atoms. The van der Waals surface area contributed by atoms with Crippen LogP contribution in [0.3, 0.4) is 0 Å². The number of hydrogen-bond acceptors (Lipinski definition) is 5. The van der Waals surface area contributed by atoms with Crippen molar-refractivity contribution in [2.45, 2.75) is 32.2 Å². The molecule has 1 aromatic rings. The largest absolute Gasteiger partial charge is 0.384 e. The lowest BCUT2D eigenvalue weighted by molar-refractivity contribution is -0.384. The van der Waals surface area contributed by atoms with Gasteiger partial charge in [-0.15, -0.1) is 0 Å². The Balaban J connectivity index is 2.30. The van der Waals surface area contributed by atoms with Crippen LogP contribution in [0.5, 0.6) is 0 Å². The van der Waals surface area contributed by atoms with E-state index in [1.165, 1.54) is 12.1 Å². The van der Waals surface area contributed by atoms with Gasteiger partial charge in [0.1, 0.15) is 5.82 Å². The predicted octanol–water partition coefficient (Wildman–Crippen LogP) is 2.17. The number of nitrogens with one attached hydrogen (secondary N) is 1. The first-order valence-corrected chi connectivity index (χ1v) is 5.59. The van der Waals surface area contributed by atoms with E-state index in [9.17, 15) is 10.1 Å². The number of anilines is 2. The molecule has 0 unspecified atom stereocenters. The van der Waals surface area contributed by atoms with Crippen molar-refractivity contribution in [3.05, 3.63) is 22.2 Å². The zero-order valence-corrected chi connectivity index (χ0v) is 9.93. The number of nitrogens with two attached hydrogens (primary N) is 1. The van der Waals surface area contributed by atoms with Crippen molar-refractivity contribution < 1.29 is 4.92 Å². The highest BCUT2D eigenvalue weighted by atomic mass is 16.6. The van der Waals surface area contributed by atoms with Gasteiger partial charge >= 0.3 is 5.69 Å². The first kappa shape index (κ1) is 11.6. The van der Waals surface area contributed by atoms with E-state index in [4.69, 9.17) is 5.73 Å². The van der Waals surface area contributed by atoms with Crippen LogP contribution in [0.2, 0.25) is 0 Å². The minimum Gasteiger partial charge on any atom is -0.384 e. The molecule has 1 heterocycles. The number of nitrogens with zero attached hydrogens (tertiary/aromatic N) is 2. The van der Waals surface area contributed by atoms with Crippen LogP contribution in [0.4, 0.5) is 17.3 Å². The summed E-state index contributed by atoms with van der Waals surface area (Å²) in [5.74, 6) is 1.09. The molecule has 2 rings (SSSR count). The molecule has 0 saturated heterocycles. The van der Waals surface area contributed by atoms with Crippen molar-refractivity contribution in [2.24, 2.45) is 5.92 Å². The Morgan fingerprint density at radius 1 is 1.53 bits per heavy atom. The van der Waals surface area contributed by atoms with Crippen LogP contribution in [-0.4, -0.2) is 15.4 Å². The average molecular weight is 236 g/mol. The number of nitro groups is 1. The molecular weight excluding hydrogens is 220 g/mol. The van der Waals surface area contributed by atoms with Gasteiger partial charge in [0.15, 0.2) is 0 Å². The number of aromatic nitrogens is 1. The zero-order valence-electron chi connectivity index (χ0n) is 9.93. The summed E-state index contributed by atoms with van der Waals surface area (Å²) in [5, 5.41) is 14.0. The highest BCUT2D eigenvalue weighted by Crippen LogP contribution is 2.41. The Labute approximate surface area is 99.4 Å². The fourth-order valence-electron chi connectivity index (χ4n) is 1.92. The number of pyridine rings is 1. The number of hydrogen-bond donors (Lipinski definition) is 2. The molecule has 0 spiro atoms. The Hall–Kier alpha value is -1.85. The van der Waals surface area contributed by atoms with Gasteiger partial charge in [0.2, 0.25) is 5.82 Å². The fraction of sp³-hybridized carbons (Fsp3) is 0.545. The lowest BCUT2D eigenvalue weighted by Gasteiger charge is -2.26. The van der Waals surface area contributed by atoms with Gasteiger partial charge in [-0.3, -0.25) is 10.1 Å². The van der Waals surface area contributed by atoms with Crippen LogP contribution in [0.25, 0.3) is 0 Å². The van der Waals surface area contributed by atoms with Crippen molar-refractivity contribution in [1.82, 2.24) is 4.98 Å². The summed E-state index contributed by atoms with van der Waals surface area (Å²) in [6.45, 7) is 4.05. The monoisotopic (exact) mass is 236 g/mol. The van der Waals surface area contributed by atoms with E-state index in [2.05, 4.69) is 10.3 Å². The molecule has 1 fully saturated rings. The minimum absolute atomic E-state index is 0.0343. The number of nitrogen functional groups attached to an aromatic ring is 1. The van der Waals surface area contributed by atoms with Crippen LogP contribution < -0.4 is 11.1 Å². The van der Waals surface area contributed by atoms with Crippen molar-refractivity contribution in [1.29, 1.82) is 0 Å². The smallest absolute Gasteiger partial charge is 0.311 e. The molecule has 0 aliphatic heterocycles. The third-order valence-corrected chi connectivity index (χ3v) is 3.13. The van der Waals surface area contributed by atoms with E-state index >= 15 is 0 Å². The standard InChI is InChI=1S/C11H16N4O2/c1-11(2,7-3-4-7)14-10-8(15(16)17)5-6-9(12)13-10/h5-7H,3-4H2,1-2H3,(H3,12,13,14). The average Bonchev–Trinajstić information content (AvgIpc) is 2.99. The topological polar surface area (TPSA) is 94.1 Å². The molecule has 0 radical (unpaired) electrons. The lowest BCUT2D eigenvalue weighted by Crippen LogP contribution is -2.34. The molecule has 0 bridgehead atoms. The van der Waals surface area contributed by atoms with Crippen LogP contribution in [0.1, 0.15) is 26.7 Å². The molecular formula is C11H16N4O2. The van der Waals surface area contributed by atoms with Gasteiger partial charge in [0.25, 0.3) is 0 Å². The van der Waals surface area contributed by atoms with E-state index in [0.29, 0.717) is 5.92 Å². The summed E-state index contributed by atoms with van der Waals surface area (Å²) in [5.41, 5.74) is 5.34. The Kier molecular flexibility index (Phi) is 2.65. The first-order chi connectivity index (χ1) is 7.90. The van der Waals surface area contributed by atoms with Gasteiger partial charge in [0.05, 0.1) is 4.92 Å². The minimum atomic E-state index is -0.447. The second-order valence-corrected chi connectivity index (χ2v) is 4.98. The van der Waals surface area contributed by atoms with Gasteiger partial charge in [0, 0.05) is 11.6 Å². The lowest BCUT2D eigenvalue weighted by atomic mass is 9.99. The summed E-state index contributed by atoms with van der Waals surface area (Å²) >= 11 is 0. The summed E-state index contributed by atoms with van der Waals surface area (Å²) in [6.07, 6.45) is 2.30. The van der Waals surface area contributed by atoms with Crippen molar-refractivity contribution in [2.75, 3.05) is 11.1 Å². The second-order valence-electron chi connectivity index (χ2n) is 4.98. The number of rotatable bonds is 4. The maximum absolute atomic E-state index is 10.9. The Morgan fingerprint density at radius 2 is 2.18 bits per heavy atom. The molecule has 6 nitrogen and oxygen atoms in total. The molecule has 3 N–H and O–H groups in total. The highest BCUT2D eigenvalue weighted by molar-refractivity contribution is 5.60. The molecule has 0 atom stereocenters. The second kappa shape index (κ2) is 3.87. The molecule has 0 amide bonds. The highest BCUT2D eigenvalue weighted by Gasteiger charge is 2.39. The quantitative estimate of drug-likeness (QED) is 0.617. The molecule has 0 aromatic carbocycles. The van der Waals surface area contributed by atoms with Crippen LogP contribution >= 0.6 is 0 Å². The summed E-state index contributed by atoms with van der Waals surface area (Å²) in [7, 11) is 0. The molecule has 6 heteroatoms. The maximum atomic E-state index is 10.9. The van der Waals surface area contributed by atoms with E-state index < -0.39 is 4.92 Å². The molecule has 1 aromatic heterocycles. The molecule has 92 valence electrons. The summed E-state index contributed by atoms with van der Waals surface area (Å²) in [4.78, 5) is 14.5. The third-order valence-electron chi connectivity index (χ3n) is 3.13.